The fourth-order valence-electron chi connectivity index (χ4n) is 4.77. The van der Waals surface area contributed by atoms with Crippen LogP contribution in [0.1, 0.15) is 38.7 Å². The number of nitrogens with zero attached hydrogens (tertiary/aromatic N) is 2. The van der Waals surface area contributed by atoms with Crippen LogP contribution in [0.5, 0.6) is 0 Å². The zero-order chi connectivity index (χ0) is 36.9. The number of urea groups is 1. The van der Waals surface area contributed by atoms with Gasteiger partial charge in [-0.05, 0) is 36.5 Å². The number of nitrogens with one attached hydrogen (secondary N) is 2. The molecular weight excluding hydrogens is 656 g/mol. The van der Waals surface area contributed by atoms with Crippen LogP contribution >= 0.6 is 0 Å². The van der Waals surface area contributed by atoms with E-state index in [9.17, 15) is 33.9 Å². The number of aliphatic hydroxyl groups excluding tert-OH is 1. The third kappa shape index (κ3) is 15.0. The van der Waals surface area contributed by atoms with Gasteiger partial charge in [0.25, 0.3) is 17.7 Å². The highest BCUT2D eigenvalue weighted by atomic mass is 16.6. The molecule has 1 heterocycles. The molecule has 0 saturated carbocycles. The quantitative estimate of drug-likeness (QED) is 0.0598. The van der Waals surface area contributed by atoms with Crippen LogP contribution in [0.25, 0.3) is 0 Å². The minimum absolute atomic E-state index is 0.0283. The first-order valence-corrected chi connectivity index (χ1v) is 16.5. The van der Waals surface area contributed by atoms with Gasteiger partial charge in [0.2, 0.25) is 11.8 Å². The molecule has 1 aromatic rings. The summed E-state index contributed by atoms with van der Waals surface area (Å²) in [5.41, 5.74) is 11.8. The van der Waals surface area contributed by atoms with Crippen LogP contribution in [0.2, 0.25) is 0 Å². The fourth-order valence-corrected chi connectivity index (χ4v) is 4.77. The van der Waals surface area contributed by atoms with Crippen LogP contribution in [0.4, 0.5) is 10.5 Å². The second-order valence-corrected chi connectivity index (χ2v) is 11.5. The predicted octanol–water partition coefficient (Wildman–Crippen LogP) is -0.663. The highest BCUT2D eigenvalue weighted by molar-refractivity contribution is 6.12. The Kier molecular flexibility index (Phi) is 19.3. The lowest BCUT2D eigenvalue weighted by molar-refractivity contribution is -0.137. The van der Waals surface area contributed by atoms with E-state index in [4.69, 9.17) is 30.4 Å². The Morgan fingerprint density at radius 3 is 1.88 bits per heavy atom. The SMILES string of the molecule is CC(C)C(NC(=O)CCOCCOCCOCCOCCN1C(=O)C=CC1=O)C(=O)N(c1ccc(CO)cc1)C(CCCNC(N)=O)C(N)=O. The Bertz CT molecular complexity index is 1270. The van der Waals surface area contributed by atoms with Crippen molar-refractivity contribution in [2.45, 2.75) is 51.8 Å². The van der Waals surface area contributed by atoms with E-state index in [1.807, 2.05) is 0 Å². The normalized spacial score (nSPS) is 13.8. The molecule has 0 aromatic heterocycles. The van der Waals surface area contributed by atoms with Crippen LogP contribution in [-0.4, -0.2) is 124 Å². The number of imide groups is 1. The maximum absolute atomic E-state index is 14.0. The molecule has 17 nitrogen and oxygen atoms in total. The summed E-state index contributed by atoms with van der Waals surface area (Å²) in [6.45, 7) is 5.72. The highest BCUT2D eigenvalue weighted by Crippen LogP contribution is 2.23. The van der Waals surface area contributed by atoms with Gasteiger partial charge in [0.1, 0.15) is 12.1 Å². The fraction of sp³-hybridized carbons (Fsp3) is 0.576. The van der Waals surface area contributed by atoms with Crippen molar-refractivity contribution in [2.24, 2.45) is 17.4 Å². The van der Waals surface area contributed by atoms with Crippen LogP contribution < -0.4 is 27.0 Å². The number of benzene rings is 1. The van der Waals surface area contributed by atoms with Gasteiger partial charge < -0.3 is 46.2 Å². The van der Waals surface area contributed by atoms with E-state index in [-0.39, 0.29) is 76.7 Å². The number of hydrogen-bond donors (Lipinski definition) is 5. The minimum Gasteiger partial charge on any atom is -0.392 e. The smallest absolute Gasteiger partial charge is 0.312 e. The monoisotopic (exact) mass is 706 g/mol. The molecule has 7 amide bonds. The molecule has 2 atom stereocenters. The minimum atomic E-state index is -1.10. The van der Waals surface area contributed by atoms with Crippen molar-refractivity contribution in [1.82, 2.24) is 15.5 Å². The number of carbonyl (C=O) groups is 6. The standard InChI is InChI=1S/C33H50N6O11/c1-23(2)30(32(45)39(25-7-5-24(22-40)6-8-25)26(31(34)44)4-3-12-36-33(35)46)37-27(41)11-14-47-16-18-49-20-21-50-19-17-48-15-13-38-28(42)9-10-29(38)43/h5-10,23,26,30,40H,3-4,11-22H2,1-2H3,(H2,34,44)(H,37,41)(H3,35,36,46). The van der Waals surface area contributed by atoms with E-state index < -0.39 is 35.8 Å². The van der Waals surface area contributed by atoms with Gasteiger partial charge in [-0.2, -0.15) is 0 Å². The van der Waals surface area contributed by atoms with Gasteiger partial charge in [-0.15, -0.1) is 0 Å². The predicted molar refractivity (Wildman–Crippen MR) is 180 cm³/mol. The lowest BCUT2D eigenvalue weighted by Crippen LogP contribution is -2.57. The Balaban J connectivity index is 1.75. The van der Waals surface area contributed by atoms with Gasteiger partial charge in [0.15, 0.2) is 0 Å². The first-order valence-electron chi connectivity index (χ1n) is 16.5. The molecule has 0 radical (unpaired) electrons. The van der Waals surface area contributed by atoms with Crippen LogP contribution in [0.3, 0.4) is 0 Å². The van der Waals surface area contributed by atoms with Gasteiger partial charge in [-0.25, -0.2) is 4.79 Å². The average molecular weight is 707 g/mol. The Labute approximate surface area is 291 Å². The van der Waals surface area contributed by atoms with Crippen molar-refractivity contribution >= 4 is 41.3 Å². The molecule has 278 valence electrons. The molecule has 1 aromatic carbocycles. The number of primary amides is 2. The van der Waals surface area contributed by atoms with E-state index in [0.717, 1.165) is 4.90 Å². The topological polar surface area (TPSA) is 242 Å². The molecule has 0 aliphatic carbocycles. The van der Waals surface area contributed by atoms with Gasteiger partial charge in [-0.1, -0.05) is 26.0 Å². The third-order valence-electron chi connectivity index (χ3n) is 7.43. The van der Waals surface area contributed by atoms with Crippen molar-refractivity contribution in [3.63, 3.8) is 0 Å². The van der Waals surface area contributed by atoms with Gasteiger partial charge >= 0.3 is 6.03 Å². The summed E-state index contributed by atoms with van der Waals surface area (Å²) in [5.74, 6) is -2.80. The second-order valence-electron chi connectivity index (χ2n) is 11.5. The largest absolute Gasteiger partial charge is 0.392 e. The van der Waals surface area contributed by atoms with Crippen LogP contribution in [-0.2, 0) is 49.5 Å². The molecule has 0 saturated heterocycles. The molecule has 0 bridgehead atoms. The Morgan fingerprint density at radius 2 is 1.38 bits per heavy atom. The number of hydrogen-bond acceptors (Lipinski definition) is 11. The number of ether oxygens (including phenoxy) is 4. The molecule has 50 heavy (non-hydrogen) atoms. The van der Waals surface area contributed by atoms with E-state index >= 15 is 0 Å². The molecule has 1 aliphatic rings. The molecular formula is C33H50N6O11. The van der Waals surface area contributed by atoms with E-state index in [2.05, 4.69) is 10.6 Å². The average Bonchev–Trinajstić information content (AvgIpc) is 3.40. The summed E-state index contributed by atoms with van der Waals surface area (Å²) in [6, 6.07) is 3.57. The van der Waals surface area contributed by atoms with Crippen molar-refractivity contribution in [2.75, 3.05) is 70.8 Å². The zero-order valence-electron chi connectivity index (χ0n) is 28.7. The molecule has 1 aliphatic heterocycles. The number of carbonyl (C=O) groups excluding carboxylic acids is 6. The Hall–Kier alpha value is -4.42. The number of aliphatic hydroxyl groups is 1. The van der Waals surface area contributed by atoms with Gasteiger partial charge in [0.05, 0.1) is 66.0 Å². The van der Waals surface area contributed by atoms with Gasteiger partial charge in [-0.3, -0.25) is 33.8 Å². The highest BCUT2D eigenvalue weighted by Gasteiger charge is 2.36. The lowest BCUT2D eigenvalue weighted by atomic mass is 9.99. The van der Waals surface area contributed by atoms with Crippen LogP contribution in [0.15, 0.2) is 36.4 Å². The summed E-state index contributed by atoms with van der Waals surface area (Å²) >= 11 is 0. The number of anilines is 1. The Morgan fingerprint density at radius 1 is 0.840 bits per heavy atom. The third-order valence-corrected chi connectivity index (χ3v) is 7.43. The summed E-state index contributed by atoms with van der Waals surface area (Å²) in [4.78, 5) is 75.8. The molecule has 0 fully saturated rings. The van der Waals surface area contributed by atoms with Crippen molar-refractivity contribution in [1.29, 1.82) is 0 Å². The van der Waals surface area contributed by atoms with E-state index in [1.165, 1.54) is 17.1 Å². The number of amides is 7. The second kappa shape index (κ2) is 23.1. The molecule has 7 N–H and O–H groups in total. The number of rotatable bonds is 26. The van der Waals surface area contributed by atoms with Crippen LogP contribution in [0, 0.1) is 5.92 Å². The maximum atomic E-state index is 14.0. The van der Waals surface area contributed by atoms with Crippen molar-refractivity contribution in [3.05, 3.63) is 42.0 Å². The summed E-state index contributed by atoms with van der Waals surface area (Å²) in [6.07, 6.45) is 2.83. The molecule has 0 spiro atoms. The number of nitrogens with two attached hydrogens (primary N) is 2. The summed E-state index contributed by atoms with van der Waals surface area (Å²) in [5, 5.41) is 14.7. The lowest BCUT2D eigenvalue weighted by Gasteiger charge is -2.34. The van der Waals surface area contributed by atoms with E-state index in [1.54, 1.807) is 38.1 Å². The molecule has 17 heteroatoms. The van der Waals surface area contributed by atoms with Crippen molar-refractivity contribution in [3.8, 4) is 0 Å². The summed E-state index contributed by atoms with van der Waals surface area (Å²) in [7, 11) is 0. The van der Waals surface area contributed by atoms with E-state index in [0.29, 0.717) is 44.1 Å². The molecule has 2 unspecified atom stereocenters. The zero-order valence-corrected chi connectivity index (χ0v) is 28.7. The summed E-state index contributed by atoms with van der Waals surface area (Å²) < 4.78 is 21.7. The molecule has 2 rings (SSSR count). The first-order chi connectivity index (χ1) is 24.0. The van der Waals surface area contributed by atoms with Crippen molar-refractivity contribution < 1.29 is 52.8 Å². The first kappa shape index (κ1) is 41.7. The maximum Gasteiger partial charge on any atom is 0.312 e. The van der Waals surface area contributed by atoms with Gasteiger partial charge in [0, 0.05) is 30.8 Å².